The minimum absolute atomic E-state index is 0.0469. The van der Waals surface area contributed by atoms with Gasteiger partial charge in [0.1, 0.15) is 0 Å². The zero-order chi connectivity index (χ0) is 8.91. The Kier molecular flexibility index (Phi) is 4.63. The van der Waals surface area contributed by atoms with Crippen molar-refractivity contribution in [3.8, 4) is 0 Å². The zero-order valence-electron chi connectivity index (χ0n) is 6.91. The van der Waals surface area contributed by atoms with Crippen molar-refractivity contribution in [2.24, 2.45) is 0 Å². The fourth-order valence-electron chi connectivity index (χ4n) is 0.362. The largest absolute Gasteiger partial charge is 0.274 e. The van der Waals surface area contributed by atoms with Gasteiger partial charge < -0.3 is 0 Å². The second-order valence-electron chi connectivity index (χ2n) is 2.34. The van der Waals surface area contributed by atoms with Crippen LogP contribution < -0.4 is 0 Å². The third kappa shape index (κ3) is 5.17. The van der Waals surface area contributed by atoms with Crippen molar-refractivity contribution < 1.29 is 12.6 Å². The molecule has 3 nitrogen and oxygen atoms in total. The van der Waals surface area contributed by atoms with Gasteiger partial charge in [-0.1, -0.05) is 6.55 Å². The number of hydrogen-bond acceptors (Lipinski definition) is 3. The molecule has 0 aliphatic heterocycles. The molecule has 0 saturated heterocycles. The highest BCUT2D eigenvalue weighted by Crippen LogP contribution is 1.94. The van der Waals surface area contributed by atoms with E-state index in [4.69, 9.17) is 4.18 Å². The highest BCUT2D eigenvalue weighted by Gasteiger charge is 2.08. The second-order valence-corrected chi connectivity index (χ2v) is 7.03. The maximum absolute atomic E-state index is 10.8. The quantitative estimate of drug-likeness (QED) is 0.472. The predicted octanol–water partition coefficient (Wildman–Crippen LogP) is 0.474. The summed E-state index contributed by atoms with van der Waals surface area (Å²) < 4.78 is 26.3. The molecule has 0 heterocycles. The van der Waals surface area contributed by atoms with Gasteiger partial charge in [-0.25, -0.2) is 0 Å². The van der Waals surface area contributed by atoms with Crippen molar-refractivity contribution in [1.82, 2.24) is 0 Å². The van der Waals surface area contributed by atoms with Crippen LogP contribution in [-0.4, -0.2) is 29.2 Å². The van der Waals surface area contributed by atoms with E-state index in [-0.39, 0.29) is 5.75 Å². The smallest absolute Gasteiger partial charge is 0.266 e. The molecule has 0 aromatic heterocycles. The van der Waals surface area contributed by atoms with Crippen molar-refractivity contribution >= 4 is 18.9 Å². The first-order valence-corrected chi connectivity index (χ1v) is 7.73. The summed E-state index contributed by atoms with van der Waals surface area (Å²) in [6.45, 7) is 7.12. The van der Waals surface area contributed by atoms with Crippen LogP contribution in [0.4, 0.5) is 0 Å². The van der Waals surface area contributed by atoms with Gasteiger partial charge in [-0.3, -0.25) is 4.18 Å². The maximum atomic E-state index is 10.8. The molecule has 0 aliphatic carbocycles. The highest BCUT2D eigenvalue weighted by molar-refractivity contribution is 7.86. The average Bonchev–Trinajstić information content (AvgIpc) is 2.00. The van der Waals surface area contributed by atoms with Gasteiger partial charge in [0.15, 0.2) is 0 Å². The molecular weight excluding hydrogens is 180 g/mol. The van der Waals surface area contributed by atoms with E-state index in [9.17, 15) is 8.42 Å². The fourth-order valence-corrected chi connectivity index (χ4v) is 2.35. The molecular formula is C6H14O3SSi. The van der Waals surface area contributed by atoms with Crippen LogP contribution in [0.2, 0.25) is 6.55 Å². The average molecular weight is 194 g/mol. The molecule has 1 atom stereocenters. The Morgan fingerprint density at radius 1 is 1.64 bits per heavy atom. The van der Waals surface area contributed by atoms with Crippen molar-refractivity contribution in [3.63, 3.8) is 0 Å². The lowest BCUT2D eigenvalue weighted by atomic mass is 11.0. The van der Waals surface area contributed by atoms with E-state index in [2.05, 4.69) is 6.58 Å². The van der Waals surface area contributed by atoms with Gasteiger partial charge in [0.25, 0.3) is 10.1 Å². The SMILES string of the molecule is C=C[SiH](C)COS(=O)(=O)CC. The molecule has 0 saturated carbocycles. The molecule has 0 aliphatic rings. The van der Waals surface area contributed by atoms with E-state index in [0.29, 0.717) is 6.23 Å². The van der Waals surface area contributed by atoms with Crippen molar-refractivity contribution in [2.75, 3.05) is 12.0 Å². The summed E-state index contributed by atoms with van der Waals surface area (Å²) >= 11 is 0. The Labute approximate surface area is 69.8 Å². The zero-order valence-corrected chi connectivity index (χ0v) is 8.88. The summed E-state index contributed by atoms with van der Waals surface area (Å²) in [5.41, 5.74) is 1.80. The normalized spacial score (nSPS) is 14.4. The van der Waals surface area contributed by atoms with E-state index in [1.165, 1.54) is 0 Å². The van der Waals surface area contributed by atoms with Gasteiger partial charge in [0, 0.05) is 0 Å². The van der Waals surface area contributed by atoms with Gasteiger partial charge in [-0.05, 0) is 6.92 Å². The molecule has 0 amide bonds. The molecule has 11 heavy (non-hydrogen) atoms. The van der Waals surface area contributed by atoms with Crippen LogP contribution in [0.25, 0.3) is 0 Å². The minimum Gasteiger partial charge on any atom is -0.274 e. The van der Waals surface area contributed by atoms with E-state index >= 15 is 0 Å². The maximum Gasteiger partial charge on any atom is 0.266 e. The minimum atomic E-state index is -3.24. The Bertz CT molecular complexity index is 210. The number of hydrogen-bond donors (Lipinski definition) is 0. The van der Waals surface area contributed by atoms with Crippen molar-refractivity contribution in [1.29, 1.82) is 0 Å². The van der Waals surface area contributed by atoms with Crippen LogP contribution in [0.15, 0.2) is 12.3 Å². The molecule has 0 radical (unpaired) electrons. The standard InChI is InChI=1S/C6H14O3SSi/c1-4-10(7,8)9-6-11(3)5-2/h5,11H,2,4,6H2,1,3H3. The Hall–Kier alpha value is -0.133. The molecule has 0 rings (SSSR count). The molecule has 0 bridgehead atoms. The third-order valence-corrected chi connectivity index (χ3v) is 4.21. The lowest BCUT2D eigenvalue weighted by molar-refractivity contribution is 0.374. The van der Waals surface area contributed by atoms with Crippen LogP contribution in [-0.2, 0) is 14.3 Å². The van der Waals surface area contributed by atoms with Gasteiger partial charge in [-0.2, -0.15) is 8.42 Å². The monoisotopic (exact) mass is 194 g/mol. The fraction of sp³-hybridized carbons (Fsp3) is 0.667. The van der Waals surface area contributed by atoms with Crippen LogP contribution in [0.1, 0.15) is 6.92 Å². The third-order valence-electron chi connectivity index (χ3n) is 1.27. The second kappa shape index (κ2) is 4.69. The molecule has 5 heteroatoms. The molecule has 0 fully saturated rings. The van der Waals surface area contributed by atoms with E-state index in [0.717, 1.165) is 0 Å². The number of rotatable bonds is 5. The lowest BCUT2D eigenvalue weighted by Crippen LogP contribution is -2.19. The van der Waals surface area contributed by atoms with Gasteiger partial charge >= 0.3 is 0 Å². The Balaban J connectivity index is 3.80. The summed E-state index contributed by atoms with van der Waals surface area (Å²) in [5.74, 6) is 0.0469. The molecule has 66 valence electrons. The summed E-state index contributed by atoms with van der Waals surface area (Å²) in [7, 11) is -4.37. The topological polar surface area (TPSA) is 43.4 Å². The highest BCUT2D eigenvalue weighted by atomic mass is 32.2. The van der Waals surface area contributed by atoms with Crippen molar-refractivity contribution in [3.05, 3.63) is 12.3 Å². The van der Waals surface area contributed by atoms with Gasteiger partial charge in [0.2, 0.25) is 0 Å². The van der Waals surface area contributed by atoms with Crippen LogP contribution in [0.5, 0.6) is 0 Å². The molecule has 1 unspecified atom stereocenters. The first-order chi connectivity index (χ1) is 5.02. The summed E-state index contributed by atoms with van der Waals surface area (Å²) in [4.78, 5) is 0. The van der Waals surface area contributed by atoms with Crippen molar-refractivity contribution in [2.45, 2.75) is 13.5 Å². The molecule has 0 N–H and O–H groups in total. The Morgan fingerprint density at radius 3 is 2.55 bits per heavy atom. The predicted molar refractivity (Wildman–Crippen MR) is 48.6 cm³/mol. The van der Waals surface area contributed by atoms with E-state index < -0.39 is 18.9 Å². The molecule has 0 aromatic rings. The first-order valence-electron chi connectivity index (χ1n) is 3.51. The summed E-state index contributed by atoms with van der Waals surface area (Å²) in [6.07, 6.45) is 0.333. The molecule has 0 spiro atoms. The van der Waals surface area contributed by atoms with E-state index in [1.54, 1.807) is 12.6 Å². The Morgan fingerprint density at radius 2 is 2.18 bits per heavy atom. The molecule has 0 aromatic carbocycles. The van der Waals surface area contributed by atoms with Gasteiger partial charge in [-0.15, -0.1) is 12.3 Å². The first kappa shape index (κ1) is 10.9. The lowest BCUT2D eigenvalue weighted by Gasteiger charge is -2.04. The summed E-state index contributed by atoms with van der Waals surface area (Å²) in [6, 6.07) is 0. The van der Waals surface area contributed by atoms with E-state index in [1.807, 2.05) is 6.55 Å². The van der Waals surface area contributed by atoms with Crippen LogP contribution in [0.3, 0.4) is 0 Å². The summed E-state index contributed by atoms with van der Waals surface area (Å²) in [5, 5.41) is 0. The van der Waals surface area contributed by atoms with Crippen LogP contribution >= 0.6 is 0 Å². The van der Waals surface area contributed by atoms with Crippen LogP contribution in [0, 0.1) is 0 Å². The van der Waals surface area contributed by atoms with Gasteiger partial charge in [0.05, 0.1) is 20.8 Å².